The zero-order chi connectivity index (χ0) is 8.85. The van der Waals surface area contributed by atoms with E-state index in [0.29, 0.717) is 0 Å². The van der Waals surface area contributed by atoms with Crippen LogP contribution in [0.3, 0.4) is 0 Å². The van der Waals surface area contributed by atoms with Crippen molar-refractivity contribution in [2.75, 3.05) is 6.54 Å². The normalized spacial score (nSPS) is 9.73. The Morgan fingerprint density at radius 1 is 1.64 bits per heavy atom. The smallest absolute Gasteiger partial charge is 0.312 e. The summed E-state index contributed by atoms with van der Waals surface area (Å²) in [6.45, 7) is 3.04. The van der Waals surface area contributed by atoms with E-state index in [4.69, 9.17) is 0 Å². The first-order valence-electron chi connectivity index (χ1n) is 3.33. The number of rotatable bonds is 4. The molecule has 0 saturated carbocycles. The van der Waals surface area contributed by atoms with Crippen LogP contribution in [-0.2, 0) is 9.53 Å². The fourth-order valence-electron chi connectivity index (χ4n) is 0.504. The molecule has 0 aromatic carbocycles. The molecular weight excluding hydrogens is 150 g/mol. The highest BCUT2D eigenvalue weighted by Crippen LogP contribution is 1.92. The van der Waals surface area contributed by atoms with Gasteiger partial charge in [0.1, 0.15) is 6.42 Å². The topological polar surface area (TPSA) is 69.4 Å². The second kappa shape index (κ2) is 4.65. The van der Waals surface area contributed by atoms with Gasteiger partial charge in [-0.15, -0.1) is 0 Å². The van der Waals surface area contributed by atoms with Crippen LogP contribution in [0.2, 0.25) is 0 Å². The van der Waals surface area contributed by atoms with Crippen molar-refractivity contribution in [3.05, 3.63) is 10.1 Å². The lowest BCUT2D eigenvalue weighted by Gasteiger charge is -2.05. The fourth-order valence-corrected chi connectivity index (χ4v) is 0.504. The Kier molecular flexibility index (Phi) is 4.17. The van der Waals surface area contributed by atoms with Crippen molar-refractivity contribution in [2.24, 2.45) is 0 Å². The van der Waals surface area contributed by atoms with E-state index in [0.717, 1.165) is 0 Å². The molecule has 0 radical (unpaired) electrons. The first kappa shape index (κ1) is 9.87. The number of nitrogens with zero attached hydrogens (tertiary/aromatic N) is 1. The fraction of sp³-hybridized carbons (Fsp3) is 0.833. The molecule has 0 unspecified atom stereocenters. The van der Waals surface area contributed by atoms with Gasteiger partial charge >= 0.3 is 5.97 Å². The highest BCUT2D eigenvalue weighted by molar-refractivity contribution is 5.69. The number of nitro groups is 1. The van der Waals surface area contributed by atoms with Gasteiger partial charge in [-0.25, -0.2) is 0 Å². The molecule has 0 aromatic heterocycles. The molecule has 0 rings (SSSR count). The van der Waals surface area contributed by atoms with E-state index in [1.165, 1.54) is 0 Å². The predicted molar refractivity (Wildman–Crippen MR) is 37.7 cm³/mol. The number of ether oxygens (including phenoxy) is 1. The third-order valence-corrected chi connectivity index (χ3v) is 0.866. The second-order valence-electron chi connectivity index (χ2n) is 2.34. The standard InChI is InChI=1S/C6H11NO4/c1-5(2)11-6(8)3-4-7(9)10/h5H,3-4H2,1-2H3. The van der Waals surface area contributed by atoms with Gasteiger partial charge in [0.05, 0.1) is 6.10 Å². The van der Waals surface area contributed by atoms with E-state index in [1.807, 2.05) is 0 Å². The molecular formula is C6H11NO4. The number of carbonyl (C=O) groups is 1. The van der Waals surface area contributed by atoms with Gasteiger partial charge in [0, 0.05) is 4.92 Å². The Hall–Kier alpha value is -1.13. The second-order valence-corrected chi connectivity index (χ2v) is 2.34. The molecule has 0 amide bonds. The molecule has 0 bridgehead atoms. The van der Waals surface area contributed by atoms with Crippen molar-refractivity contribution in [3.63, 3.8) is 0 Å². The lowest BCUT2D eigenvalue weighted by molar-refractivity contribution is -0.479. The van der Waals surface area contributed by atoms with Crippen LogP contribution in [0.1, 0.15) is 20.3 Å². The summed E-state index contributed by atoms with van der Waals surface area (Å²) in [7, 11) is 0. The van der Waals surface area contributed by atoms with E-state index in [2.05, 4.69) is 4.74 Å². The van der Waals surface area contributed by atoms with Gasteiger partial charge in [-0.3, -0.25) is 14.9 Å². The van der Waals surface area contributed by atoms with Crippen LogP contribution in [0.25, 0.3) is 0 Å². The summed E-state index contributed by atoms with van der Waals surface area (Å²) in [5.41, 5.74) is 0. The van der Waals surface area contributed by atoms with Crippen molar-refractivity contribution in [1.29, 1.82) is 0 Å². The number of esters is 1. The molecule has 11 heavy (non-hydrogen) atoms. The first-order valence-corrected chi connectivity index (χ1v) is 3.33. The summed E-state index contributed by atoms with van der Waals surface area (Å²) >= 11 is 0. The van der Waals surface area contributed by atoms with Crippen LogP contribution in [0.4, 0.5) is 0 Å². The zero-order valence-corrected chi connectivity index (χ0v) is 6.57. The summed E-state index contributed by atoms with van der Waals surface area (Å²) in [6.07, 6.45) is -0.347. The first-order chi connectivity index (χ1) is 5.02. The highest BCUT2D eigenvalue weighted by atomic mass is 16.6. The molecule has 0 fully saturated rings. The Morgan fingerprint density at radius 3 is 2.55 bits per heavy atom. The molecule has 0 N–H and O–H groups in total. The van der Waals surface area contributed by atoms with Crippen LogP contribution in [0.15, 0.2) is 0 Å². The van der Waals surface area contributed by atoms with Gasteiger partial charge in [-0.2, -0.15) is 0 Å². The van der Waals surface area contributed by atoms with Crippen molar-refractivity contribution in [1.82, 2.24) is 0 Å². The van der Waals surface area contributed by atoms with Gasteiger partial charge in [0.15, 0.2) is 0 Å². The number of hydrogen-bond acceptors (Lipinski definition) is 4. The van der Waals surface area contributed by atoms with E-state index < -0.39 is 10.9 Å². The Bertz CT molecular complexity index is 155. The minimum atomic E-state index is -0.540. The number of carbonyl (C=O) groups excluding carboxylic acids is 1. The predicted octanol–water partition coefficient (Wildman–Crippen LogP) is 0.605. The molecule has 5 heteroatoms. The van der Waals surface area contributed by atoms with Crippen molar-refractivity contribution >= 4 is 5.97 Å². The van der Waals surface area contributed by atoms with E-state index in [-0.39, 0.29) is 19.1 Å². The maximum absolute atomic E-state index is 10.6. The van der Waals surface area contributed by atoms with Crippen molar-refractivity contribution < 1.29 is 14.5 Å². The minimum absolute atomic E-state index is 0.148. The minimum Gasteiger partial charge on any atom is -0.463 e. The zero-order valence-electron chi connectivity index (χ0n) is 6.57. The van der Waals surface area contributed by atoms with Gasteiger partial charge < -0.3 is 4.74 Å². The third-order valence-electron chi connectivity index (χ3n) is 0.866. The average Bonchev–Trinajstić information content (AvgIpc) is 1.82. The maximum atomic E-state index is 10.6. The van der Waals surface area contributed by atoms with Crippen LogP contribution in [-0.4, -0.2) is 23.5 Å². The van der Waals surface area contributed by atoms with Crippen molar-refractivity contribution in [3.8, 4) is 0 Å². The van der Waals surface area contributed by atoms with Crippen LogP contribution in [0.5, 0.6) is 0 Å². The quantitative estimate of drug-likeness (QED) is 0.344. The van der Waals surface area contributed by atoms with Gasteiger partial charge in [0.2, 0.25) is 6.54 Å². The molecule has 5 nitrogen and oxygen atoms in total. The Morgan fingerprint density at radius 2 is 2.18 bits per heavy atom. The lowest BCUT2D eigenvalue weighted by Crippen LogP contribution is -2.15. The lowest BCUT2D eigenvalue weighted by atomic mass is 10.4. The van der Waals surface area contributed by atoms with Gasteiger partial charge in [0.25, 0.3) is 0 Å². The summed E-state index contributed by atoms with van der Waals surface area (Å²) in [4.78, 5) is 19.9. The monoisotopic (exact) mass is 161 g/mol. The van der Waals surface area contributed by atoms with Crippen LogP contribution in [0, 0.1) is 10.1 Å². The summed E-state index contributed by atoms with van der Waals surface area (Å²) < 4.78 is 4.66. The summed E-state index contributed by atoms with van der Waals surface area (Å²) in [6, 6.07) is 0. The van der Waals surface area contributed by atoms with E-state index >= 15 is 0 Å². The van der Waals surface area contributed by atoms with Crippen molar-refractivity contribution in [2.45, 2.75) is 26.4 Å². The molecule has 64 valence electrons. The Balaban J connectivity index is 3.45. The molecule has 0 aromatic rings. The highest BCUT2D eigenvalue weighted by Gasteiger charge is 2.08. The molecule has 0 aliphatic rings. The van der Waals surface area contributed by atoms with E-state index in [9.17, 15) is 14.9 Å². The van der Waals surface area contributed by atoms with Crippen LogP contribution < -0.4 is 0 Å². The third kappa shape index (κ3) is 6.76. The summed E-state index contributed by atoms with van der Waals surface area (Å²) in [5, 5.41) is 9.79. The van der Waals surface area contributed by atoms with Gasteiger partial charge in [-0.1, -0.05) is 0 Å². The SMILES string of the molecule is CC(C)OC(=O)CC[N+](=O)[O-]. The van der Waals surface area contributed by atoms with Crippen LogP contribution >= 0.6 is 0 Å². The molecule has 0 aliphatic carbocycles. The molecule has 0 spiro atoms. The molecule has 0 atom stereocenters. The maximum Gasteiger partial charge on any atom is 0.312 e. The molecule has 0 saturated heterocycles. The average molecular weight is 161 g/mol. The molecule has 0 aliphatic heterocycles. The van der Waals surface area contributed by atoms with E-state index in [1.54, 1.807) is 13.8 Å². The molecule has 0 heterocycles. The summed E-state index contributed by atoms with van der Waals surface area (Å²) in [5.74, 6) is -0.517. The number of hydrogen-bond donors (Lipinski definition) is 0. The largest absolute Gasteiger partial charge is 0.463 e. The Labute approximate surface area is 64.5 Å². The van der Waals surface area contributed by atoms with Gasteiger partial charge in [-0.05, 0) is 13.8 Å².